The zero-order valence-corrected chi connectivity index (χ0v) is 9.26. The van der Waals surface area contributed by atoms with Crippen LogP contribution in [-0.2, 0) is 15.8 Å². The normalized spacial score (nSPS) is 11.5. The van der Waals surface area contributed by atoms with Gasteiger partial charge in [-0.25, -0.2) is 8.42 Å². The summed E-state index contributed by atoms with van der Waals surface area (Å²) in [7, 11) is -3.47. The SMILES string of the molecule is Nc1ccn(S(=O)(=O)Cc2ccccc2)n1. The molecule has 2 aromatic rings. The summed E-state index contributed by atoms with van der Waals surface area (Å²) >= 11 is 0. The van der Waals surface area contributed by atoms with E-state index in [0.29, 0.717) is 0 Å². The van der Waals surface area contributed by atoms with Crippen LogP contribution < -0.4 is 5.73 Å². The molecule has 2 N–H and O–H groups in total. The average molecular weight is 237 g/mol. The Morgan fingerprint density at radius 1 is 1.19 bits per heavy atom. The van der Waals surface area contributed by atoms with E-state index in [9.17, 15) is 8.42 Å². The van der Waals surface area contributed by atoms with E-state index in [1.807, 2.05) is 6.07 Å². The summed E-state index contributed by atoms with van der Waals surface area (Å²) in [6, 6.07) is 10.4. The molecule has 5 nitrogen and oxygen atoms in total. The third-order valence-electron chi connectivity index (χ3n) is 2.06. The zero-order valence-electron chi connectivity index (χ0n) is 8.45. The summed E-state index contributed by atoms with van der Waals surface area (Å²) in [5.41, 5.74) is 6.09. The Morgan fingerprint density at radius 2 is 1.88 bits per heavy atom. The van der Waals surface area contributed by atoms with Crippen molar-refractivity contribution in [2.75, 3.05) is 5.73 Å². The molecule has 0 atom stereocenters. The standard InChI is InChI=1S/C10H11N3O2S/c11-10-6-7-13(12-10)16(14,15)8-9-4-2-1-3-5-9/h1-7H,8H2,(H2,11,12). The van der Waals surface area contributed by atoms with E-state index in [1.165, 1.54) is 12.3 Å². The van der Waals surface area contributed by atoms with E-state index in [0.717, 1.165) is 9.65 Å². The first-order valence-corrected chi connectivity index (χ1v) is 6.27. The highest BCUT2D eigenvalue weighted by atomic mass is 32.2. The van der Waals surface area contributed by atoms with Crippen LogP contribution in [0, 0.1) is 0 Å². The lowest BCUT2D eigenvalue weighted by molar-refractivity contribution is 0.579. The van der Waals surface area contributed by atoms with Crippen molar-refractivity contribution in [3.05, 3.63) is 48.2 Å². The molecule has 0 radical (unpaired) electrons. The first kappa shape index (κ1) is 10.7. The monoisotopic (exact) mass is 237 g/mol. The van der Waals surface area contributed by atoms with Gasteiger partial charge in [0.2, 0.25) is 0 Å². The van der Waals surface area contributed by atoms with Crippen molar-refractivity contribution in [1.82, 2.24) is 9.19 Å². The van der Waals surface area contributed by atoms with Crippen LogP contribution in [0.15, 0.2) is 42.6 Å². The largest absolute Gasteiger partial charge is 0.382 e. The smallest absolute Gasteiger partial charge is 0.258 e. The van der Waals surface area contributed by atoms with Crippen LogP contribution in [0.1, 0.15) is 5.56 Å². The van der Waals surface area contributed by atoms with Gasteiger partial charge in [-0.1, -0.05) is 30.3 Å². The van der Waals surface area contributed by atoms with Crippen LogP contribution in [-0.4, -0.2) is 17.6 Å². The Bertz CT molecular complexity index is 575. The van der Waals surface area contributed by atoms with E-state index >= 15 is 0 Å². The Hall–Kier alpha value is -1.82. The van der Waals surface area contributed by atoms with E-state index in [4.69, 9.17) is 5.73 Å². The Morgan fingerprint density at radius 3 is 2.44 bits per heavy atom. The second-order valence-electron chi connectivity index (χ2n) is 3.35. The lowest BCUT2D eigenvalue weighted by atomic mass is 10.2. The highest BCUT2D eigenvalue weighted by molar-refractivity contribution is 7.89. The van der Waals surface area contributed by atoms with Crippen LogP contribution in [0.2, 0.25) is 0 Å². The molecular weight excluding hydrogens is 226 g/mol. The van der Waals surface area contributed by atoms with Crippen molar-refractivity contribution >= 4 is 15.8 Å². The van der Waals surface area contributed by atoms with Crippen molar-refractivity contribution < 1.29 is 8.42 Å². The summed E-state index contributed by atoms with van der Waals surface area (Å²) in [6.07, 6.45) is 1.34. The minimum atomic E-state index is -3.47. The van der Waals surface area contributed by atoms with Gasteiger partial charge in [0.25, 0.3) is 10.0 Å². The maximum atomic E-state index is 11.9. The van der Waals surface area contributed by atoms with Crippen molar-refractivity contribution in [1.29, 1.82) is 0 Å². The first-order chi connectivity index (χ1) is 7.58. The molecule has 0 aliphatic rings. The third-order valence-corrected chi connectivity index (χ3v) is 3.54. The third kappa shape index (κ3) is 2.22. The summed E-state index contributed by atoms with van der Waals surface area (Å²) < 4.78 is 24.6. The molecule has 1 aromatic carbocycles. The summed E-state index contributed by atoms with van der Waals surface area (Å²) in [6.45, 7) is 0. The fourth-order valence-electron chi connectivity index (χ4n) is 1.33. The van der Waals surface area contributed by atoms with Crippen LogP contribution in [0.4, 0.5) is 5.82 Å². The van der Waals surface area contributed by atoms with E-state index < -0.39 is 10.0 Å². The Balaban J connectivity index is 2.28. The molecule has 0 saturated carbocycles. The minimum Gasteiger partial charge on any atom is -0.382 e. The molecule has 0 aliphatic carbocycles. The van der Waals surface area contributed by atoms with Gasteiger partial charge in [0.1, 0.15) is 5.82 Å². The second-order valence-corrected chi connectivity index (χ2v) is 5.18. The van der Waals surface area contributed by atoms with Gasteiger partial charge in [-0.15, -0.1) is 5.10 Å². The molecule has 0 unspecified atom stereocenters. The van der Waals surface area contributed by atoms with Crippen LogP contribution in [0.25, 0.3) is 0 Å². The lowest BCUT2D eigenvalue weighted by Gasteiger charge is -2.03. The molecule has 6 heteroatoms. The van der Waals surface area contributed by atoms with E-state index in [2.05, 4.69) is 5.10 Å². The van der Waals surface area contributed by atoms with Gasteiger partial charge in [0, 0.05) is 12.3 Å². The lowest BCUT2D eigenvalue weighted by Crippen LogP contribution is -2.15. The number of aromatic nitrogens is 2. The Labute approximate surface area is 93.6 Å². The first-order valence-electron chi connectivity index (χ1n) is 4.66. The number of rotatable bonds is 3. The zero-order chi connectivity index (χ0) is 11.6. The molecule has 1 heterocycles. The van der Waals surface area contributed by atoms with Gasteiger partial charge < -0.3 is 5.73 Å². The minimum absolute atomic E-state index is 0.0883. The quantitative estimate of drug-likeness (QED) is 0.858. The van der Waals surface area contributed by atoms with Crippen molar-refractivity contribution in [3.8, 4) is 0 Å². The van der Waals surface area contributed by atoms with E-state index in [-0.39, 0.29) is 11.6 Å². The predicted molar refractivity (Wildman–Crippen MR) is 61.1 cm³/mol. The van der Waals surface area contributed by atoms with Crippen LogP contribution >= 0.6 is 0 Å². The molecule has 0 bridgehead atoms. The molecule has 0 saturated heterocycles. The maximum absolute atomic E-state index is 11.9. The molecule has 0 aliphatic heterocycles. The predicted octanol–water partition coefficient (Wildman–Crippen LogP) is 0.843. The van der Waals surface area contributed by atoms with Gasteiger partial charge in [-0.2, -0.15) is 4.09 Å². The molecular formula is C10H11N3O2S. The van der Waals surface area contributed by atoms with Crippen molar-refractivity contribution in [2.45, 2.75) is 5.75 Å². The number of hydrogen-bond donors (Lipinski definition) is 1. The summed E-state index contributed by atoms with van der Waals surface area (Å²) in [5, 5.41) is 3.69. The summed E-state index contributed by atoms with van der Waals surface area (Å²) in [5.74, 6) is 0.103. The second kappa shape index (κ2) is 3.97. The topological polar surface area (TPSA) is 78.0 Å². The number of nitrogens with two attached hydrogens (primary N) is 1. The van der Waals surface area contributed by atoms with Crippen molar-refractivity contribution in [2.24, 2.45) is 0 Å². The van der Waals surface area contributed by atoms with Crippen molar-refractivity contribution in [3.63, 3.8) is 0 Å². The molecule has 84 valence electrons. The molecule has 0 spiro atoms. The number of anilines is 1. The van der Waals surface area contributed by atoms with Gasteiger partial charge >= 0.3 is 0 Å². The molecule has 1 aromatic heterocycles. The molecule has 0 amide bonds. The molecule has 2 rings (SSSR count). The molecule has 16 heavy (non-hydrogen) atoms. The average Bonchev–Trinajstić information content (AvgIpc) is 2.66. The van der Waals surface area contributed by atoms with Gasteiger partial charge in [-0.05, 0) is 5.56 Å². The Kier molecular flexibility index (Phi) is 2.66. The number of benzene rings is 1. The van der Waals surface area contributed by atoms with Gasteiger partial charge in [0.05, 0.1) is 5.75 Å². The number of hydrogen-bond acceptors (Lipinski definition) is 4. The fraction of sp³-hybridized carbons (Fsp3) is 0.100. The highest BCUT2D eigenvalue weighted by Gasteiger charge is 2.14. The van der Waals surface area contributed by atoms with Crippen LogP contribution in [0.3, 0.4) is 0 Å². The number of nitrogens with zero attached hydrogens (tertiary/aromatic N) is 2. The van der Waals surface area contributed by atoms with E-state index in [1.54, 1.807) is 24.3 Å². The molecule has 0 fully saturated rings. The highest BCUT2D eigenvalue weighted by Crippen LogP contribution is 2.09. The summed E-state index contributed by atoms with van der Waals surface area (Å²) in [4.78, 5) is 0. The van der Waals surface area contributed by atoms with Crippen LogP contribution in [0.5, 0.6) is 0 Å². The number of nitrogen functional groups attached to an aromatic ring is 1. The maximum Gasteiger partial charge on any atom is 0.258 e. The van der Waals surface area contributed by atoms with Gasteiger partial charge in [-0.3, -0.25) is 0 Å². The van der Waals surface area contributed by atoms with Gasteiger partial charge in [0.15, 0.2) is 0 Å². The fourth-order valence-corrected chi connectivity index (χ4v) is 2.54.